The van der Waals surface area contributed by atoms with Gasteiger partial charge in [-0.3, -0.25) is 14.9 Å². The topological polar surface area (TPSA) is 70.2 Å². The lowest BCUT2D eigenvalue weighted by Crippen LogP contribution is -2.56. The summed E-state index contributed by atoms with van der Waals surface area (Å²) in [5, 5.41) is 8.86. The van der Waals surface area contributed by atoms with Gasteiger partial charge in [-0.25, -0.2) is 0 Å². The fourth-order valence-corrected chi connectivity index (χ4v) is 1.83. The van der Waals surface area contributed by atoms with Gasteiger partial charge in [0.25, 0.3) is 0 Å². The Hall–Kier alpha value is -1.59. The molecule has 2 amide bonds. The quantitative estimate of drug-likeness (QED) is 0.738. The van der Waals surface area contributed by atoms with Crippen LogP contribution in [-0.4, -0.2) is 30.9 Å². The van der Waals surface area contributed by atoms with Crippen LogP contribution in [0.5, 0.6) is 0 Å². The minimum absolute atomic E-state index is 0.0996. The molecule has 96 valence electrons. The first-order chi connectivity index (χ1) is 8.56. The van der Waals surface area contributed by atoms with Gasteiger partial charge in [0.1, 0.15) is 6.04 Å². The molecule has 2 rings (SSSR count). The van der Waals surface area contributed by atoms with Gasteiger partial charge in [-0.1, -0.05) is 17.7 Å². The van der Waals surface area contributed by atoms with Crippen LogP contribution in [0.3, 0.4) is 0 Å². The monoisotopic (exact) mass is 267 g/mol. The van der Waals surface area contributed by atoms with Crippen LogP contribution in [-0.2, 0) is 9.59 Å². The molecule has 1 aliphatic heterocycles. The zero-order chi connectivity index (χ0) is 13.1. The summed E-state index contributed by atoms with van der Waals surface area (Å²) in [6.07, 6.45) is 0. The Balaban J connectivity index is 1.98. The Morgan fingerprint density at radius 3 is 2.89 bits per heavy atom. The van der Waals surface area contributed by atoms with Crippen molar-refractivity contribution in [2.24, 2.45) is 0 Å². The molecule has 0 radical (unpaired) electrons. The maximum Gasteiger partial charge on any atom is 0.243 e. The Kier molecular flexibility index (Phi) is 3.84. The molecule has 0 bridgehead atoms. The Morgan fingerprint density at radius 2 is 2.28 bits per heavy atom. The van der Waals surface area contributed by atoms with E-state index in [4.69, 9.17) is 11.6 Å². The number of nitrogens with one attached hydrogen (secondary N) is 3. The van der Waals surface area contributed by atoms with E-state index in [1.807, 2.05) is 13.0 Å². The van der Waals surface area contributed by atoms with Crippen LogP contribution in [0.4, 0.5) is 5.69 Å². The zero-order valence-electron chi connectivity index (χ0n) is 9.92. The second-order valence-electron chi connectivity index (χ2n) is 4.19. The Bertz CT molecular complexity index is 480. The number of halogens is 1. The van der Waals surface area contributed by atoms with Gasteiger partial charge in [0, 0.05) is 17.3 Å². The molecule has 1 saturated heterocycles. The van der Waals surface area contributed by atoms with Gasteiger partial charge < -0.3 is 10.6 Å². The predicted octanol–water partition coefficient (Wildman–Crippen LogP) is 0.675. The summed E-state index contributed by atoms with van der Waals surface area (Å²) in [7, 11) is 0. The number of aryl methyl sites for hydroxylation is 1. The number of amides is 2. The number of benzene rings is 1. The molecule has 1 fully saturated rings. The average Bonchev–Trinajstić information content (AvgIpc) is 2.34. The van der Waals surface area contributed by atoms with Crippen LogP contribution < -0.4 is 16.0 Å². The maximum atomic E-state index is 11.9. The van der Waals surface area contributed by atoms with E-state index in [1.165, 1.54) is 0 Å². The van der Waals surface area contributed by atoms with Gasteiger partial charge in [0.05, 0.1) is 6.54 Å². The second kappa shape index (κ2) is 5.37. The minimum atomic E-state index is -0.414. The Labute approximate surface area is 110 Å². The van der Waals surface area contributed by atoms with Gasteiger partial charge in [-0.05, 0) is 24.6 Å². The number of carbonyl (C=O) groups excluding carboxylic acids is 2. The third kappa shape index (κ3) is 3.00. The molecular weight excluding hydrogens is 254 g/mol. The number of rotatable bonds is 2. The third-order valence-electron chi connectivity index (χ3n) is 2.77. The molecule has 0 aliphatic carbocycles. The SMILES string of the molecule is Cc1ccc(NC(=O)C2CNC(=O)CN2)cc1Cl. The van der Waals surface area contributed by atoms with Crippen molar-refractivity contribution in [3.05, 3.63) is 28.8 Å². The number of carbonyl (C=O) groups is 2. The van der Waals surface area contributed by atoms with Crippen LogP contribution in [0.15, 0.2) is 18.2 Å². The first-order valence-electron chi connectivity index (χ1n) is 5.63. The number of piperazine rings is 1. The summed E-state index contributed by atoms with van der Waals surface area (Å²) in [6, 6.07) is 4.92. The van der Waals surface area contributed by atoms with E-state index in [0.29, 0.717) is 17.3 Å². The van der Waals surface area contributed by atoms with E-state index >= 15 is 0 Å². The molecule has 3 N–H and O–H groups in total. The zero-order valence-corrected chi connectivity index (χ0v) is 10.7. The van der Waals surface area contributed by atoms with Crippen molar-refractivity contribution in [3.63, 3.8) is 0 Å². The van der Waals surface area contributed by atoms with E-state index in [9.17, 15) is 9.59 Å². The van der Waals surface area contributed by atoms with Crippen molar-refractivity contribution in [3.8, 4) is 0 Å². The van der Waals surface area contributed by atoms with Gasteiger partial charge in [0.2, 0.25) is 11.8 Å². The third-order valence-corrected chi connectivity index (χ3v) is 3.18. The van der Waals surface area contributed by atoms with E-state index in [-0.39, 0.29) is 18.4 Å². The fraction of sp³-hybridized carbons (Fsp3) is 0.333. The van der Waals surface area contributed by atoms with Crippen molar-refractivity contribution in [2.75, 3.05) is 18.4 Å². The molecule has 5 nitrogen and oxygen atoms in total. The standard InChI is InChI=1S/C12H14ClN3O2/c1-7-2-3-8(4-9(7)13)16-12(18)10-5-15-11(17)6-14-10/h2-4,10,14H,5-6H2,1H3,(H,15,17)(H,16,18). The molecule has 0 aromatic heterocycles. The first-order valence-corrected chi connectivity index (χ1v) is 6.01. The number of hydrogen-bond acceptors (Lipinski definition) is 3. The van der Waals surface area contributed by atoms with Crippen LogP contribution in [0.1, 0.15) is 5.56 Å². The smallest absolute Gasteiger partial charge is 0.243 e. The van der Waals surface area contributed by atoms with Gasteiger partial charge in [0.15, 0.2) is 0 Å². The highest BCUT2D eigenvalue weighted by Crippen LogP contribution is 2.20. The number of hydrogen-bond donors (Lipinski definition) is 3. The molecule has 0 spiro atoms. The molecule has 6 heteroatoms. The lowest BCUT2D eigenvalue weighted by molar-refractivity contribution is -0.124. The summed E-state index contributed by atoms with van der Waals surface area (Å²) in [5.74, 6) is -0.285. The minimum Gasteiger partial charge on any atom is -0.353 e. The molecule has 1 heterocycles. The molecule has 1 atom stereocenters. The molecule has 1 aromatic carbocycles. The summed E-state index contributed by atoms with van der Waals surface area (Å²) in [5.41, 5.74) is 1.60. The largest absolute Gasteiger partial charge is 0.353 e. The van der Waals surface area contributed by atoms with Gasteiger partial charge in [-0.2, -0.15) is 0 Å². The second-order valence-corrected chi connectivity index (χ2v) is 4.60. The van der Waals surface area contributed by atoms with Crippen molar-refractivity contribution >= 4 is 29.1 Å². The fourth-order valence-electron chi connectivity index (χ4n) is 1.65. The molecule has 1 aliphatic rings. The highest BCUT2D eigenvalue weighted by molar-refractivity contribution is 6.31. The lowest BCUT2D eigenvalue weighted by Gasteiger charge is -2.23. The molecule has 18 heavy (non-hydrogen) atoms. The highest BCUT2D eigenvalue weighted by Gasteiger charge is 2.23. The van der Waals surface area contributed by atoms with Crippen molar-refractivity contribution < 1.29 is 9.59 Å². The average molecular weight is 268 g/mol. The maximum absolute atomic E-state index is 11.9. The summed E-state index contributed by atoms with van der Waals surface area (Å²) in [4.78, 5) is 22.9. The normalized spacial score (nSPS) is 19.2. The van der Waals surface area contributed by atoms with Crippen LogP contribution in [0.2, 0.25) is 5.02 Å². The summed E-state index contributed by atoms with van der Waals surface area (Å²) in [6.45, 7) is 2.35. The van der Waals surface area contributed by atoms with E-state index < -0.39 is 6.04 Å². The molecule has 0 saturated carbocycles. The van der Waals surface area contributed by atoms with E-state index in [2.05, 4.69) is 16.0 Å². The highest BCUT2D eigenvalue weighted by atomic mass is 35.5. The Morgan fingerprint density at radius 1 is 1.50 bits per heavy atom. The van der Waals surface area contributed by atoms with Crippen LogP contribution in [0, 0.1) is 6.92 Å². The van der Waals surface area contributed by atoms with Crippen molar-refractivity contribution in [1.82, 2.24) is 10.6 Å². The van der Waals surface area contributed by atoms with Gasteiger partial charge in [-0.15, -0.1) is 0 Å². The summed E-state index contributed by atoms with van der Waals surface area (Å²) < 4.78 is 0. The molecular formula is C12H14ClN3O2. The van der Waals surface area contributed by atoms with Crippen LogP contribution in [0.25, 0.3) is 0 Å². The molecule has 1 aromatic rings. The van der Waals surface area contributed by atoms with Gasteiger partial charge >= 0.3 is 0 Å². The summed E-state index contributed by atoms with van der Waals surface area (Å²) >= 11 is 5.98. The lowest BCUT2D eigenvalue weighted by atomic mass is 10.2. The van der Waals surface area contributed by atoms with Crippen molar-refractivity contribution in [2.45, 2.75) is 13.0 Å². The van der Waals surface area contributed by atoms with Crippen molar-refractivity contribution in [1.29, 1.82) is 0 Å². The molecule has 1 unspecified atom stereocenters. The van der Waals surface area contributed by atoms with Crippen LogP contribution >= 0.6 is 11.6 Å². The first kappa shape index (κ1) is 12.9. The van der Waals surface area contributed by atoms with E-state index in [0.717, 1.165) is 5.56 Å². The predicted molar refractivity (Wildman–Crippen MR) is 69.6 cm³/mol. The van der Waals surface area contributed by atoms with E-state index in [1.54, 1.807) is 12.1 Å². The number of anilines is 1.